The van der Waals surface area contributed by atoms with Crippen molar-refractivity contribution in [2.75, 3.05) is 11.9 Å². The Balaban J connectivity index is 2.08. The fraction of sp³-hybridized carbons (Fsp3) is 0.538. The van der Waals surface area contributed by atoms with Crippen molar-refractivity contribution in [1.82, 2.24) is 9.44 Å². The highest BCUT2D eigenvalue weighted by atomic mass is 32.2. The molecule has 3 N–H and O–H groups in total. The van der Waals surface area contributed by atoms with Crippen LogP contribution in [0.5, 0.6) is 0 Å². The summed E-state index contributed by atoms with van der Waals surface area (Å²) in [5, 5.41) is 3.35. The first-order valence-electron chi connectivity index (χ1n) is 6.59. The molecule has 1 aromatic rings. The summed E-state index contributed by atoms with van der Waals surface area (Å²) in [4.78, 5) is 0. The van der Waals surface area contributed by atoms with E-state index in [4.69, 9.17) is 0 Å². The van der Waals surface area contributed by atoms with Gasteiger partial charge in [0.2, 0.25) is 0 Å². The molecule has 0 bridgehead atoms. The number of nitrogens with one attached hydrogen (secondary N) is 3. The first-order chi connectivity index (χ1) is 8.98. The summed E-state index contributed by atoms with van der Waals surface area (Å²) < 4.78 is 28.6. The quantitative estimate of drug-likeness (QED) is 0.764. The molecule has 0 amide bonds. The maximum Gasteiger partial charge on any atom is 0.277 e. The number of hydrogen-bond acceptors (Lipinski definition) is 3. The van der Waals surface area contributed by atoms with E-state index in [-0.39, 0.29) is 6.04 Å². The maximum absolute atomic E-state index is 11.7. The lowest BCUT2D eigenvalue weighted by Gasteiger charge is -2.21. The van der Waals surface area contributed by atoms with Crippen LogP contribution in [0.3, 0.4) is 0 Å². The standard InChI is InChI=1S/C13H21N3O2S/c1-10(2)16-19(17,18)15-9-12-6-3-5-11-7-4-8-14-13(11)12/h3,5-6,10,14-16H,4,7-9H2,1-2H3. The highest BCUT2D eigenvalue weighted by Gasteiger charge is 2.15. The highest BCUT2D eigenvalue weighted by molar-refractivity contribution is 7.87. The van der Waals surface area contributed by atoms with E-state index in [1.807, 2.05) is 12.1 Å². The Bertz CT molecular complexity index is 541. The third-order valence-electron chi connectivity index (χ3n) is 3.01. The van der Waals surface area contributed by atoms with Crippen LogP contribution in [-0.4, -0.2) is 21.0 Å². The Morgan fingerprint density at radius 1 is 1.37 bits per heavy atom. The van der Waals surface area contributed by atoms with Gasteiger partial charge < -0.3 is 5.32 Å². The number of para-hydroxylation sites is 1. The molecule has 1 aliphatic heterocycles. The molecule has 106 valence electrons. The molecule has 0 aromatic heterocycles. The lowest BCUT2D eigenvalue weighted by molar-refractivity contribution is 0.554. The molecule has 0 saturated carbocycles. The molecule has 6 heteroatoms. The minimum absolute atomic E-state index is 0.111. The van der Waals surface area contributed by atoms with Gasteiger partial charge in [-0.15, -0.1) is 0 Å². The number of aryl methyl sites for hydroxylation is 1. The fourth-order valence-electron chi connectivity index (χ4n) is 2.25. The minimum Gasteiger partial charge on any atom is -0.385 e. The first kappa shape index (κ1) is 14.3. The third kappa shape index (κ3) is 3.92. The molecule has 0 saturated heterocycles. The summed E-state index contributed by atoms with van der Waals surface area (Å²) in [5.74, 6) is 0. The fourth-order valence-corrected chi connectivity index (χ4v) is 3.30. The molecule has 5 nitrogen and oxygen atoms in total. The zero-order valence-electron chi connectivity index (χ0n) is 11.4. The number of fused-ring (bicyclic) bond motifs is 1. The zero-order valence-corrected chi connectivity index (χ0v) is 12.2. The predicted molar refractivity (Wildman–Crippen MR) is 77.3 cm³/mol. The summed E-state index contributed by atoms with van der Waals surface area (Å²) in [6.07, 6.45) is 2.17. The van der Waals surface area contributed by atoms with Crippen molar-refractivity contribution in [3.8, 4) is 0 Å². The van der Waals surface area contributed by atoms with Crippen LogP contribution in [0.4, 0.5) is 5.69 Å². The van der Waals surface area contributed by atoms with Crippen molar-refractivity contribution in [3.05, 3.63) is 29.3 Å². The van der Waals surface area contributed by atoms with Gasteiger partial charge in [-0.25, -0.2) is 0 Å². The Hall–Kier alpha value is -1.11. The first-order valence-corrected chi connectivity index (χ1v) is 8.08. The van der Waals surface area contributed by atoms with E-state index >= 15 is 0 Å². The van der Waals surface area contributed by atoms with Gasteiger partial charge >= 0.3 is 0 Å². The Morgan fingerprint density at radius 2 is 2.16 bits per heavy atom. The second kappa shape index (κ2) is 5.90. The van der Waals surface area contributed by atoms with Gasteiger partial charge in [-0.1, -0.05) is 18.2 Å². The number of benzene rings is 1. The van der Waals surface area contributed by atoms with Crippen LogP contribution in [0, 0.1) is 0 Å². The topological polar surface area (TPSA) is 70.2 Å². The van der Waals surface area contributed by atoms with Crippen LogP contribution in [0.25, 0.3) is 0 Å². The summed E-state index contributed by atoms with van der Waals surface area (Å²) in [6.45, 7) is 4.84. The lowest BCUT2D eigenvalue weighted by atomic mass is 9.99. The molecule has 0 spiro atoms. The second-order valence-electron chi connectivity index (χ2n) is 5.08. The summed E-state index contributed by atoms with van der Waals surface area (Å²) in [7, 11) is -3.43. The summed E-state index contributed by atoms with van der Waals surface area (Å²) >= 11 is 0. The van der Waals surface area contributed by atoms with E-state index in [9.17, 15) is 8.42 Å². The average Bonchev–Trinajstić information content (AvgIpc) is 2.35. The van der Waals surface area contributed by atoms with Gasteiger partial charge in [-0.3, -0.25) is 0 Å². The molecular formula is C13H21N3O2S. The SMILES string of the molecule is CC(C)NS(=O)(=O)NCc1cccc2c1NCCC2. The number of hydrogen-bond donors (Lipinski definition) is 3. The van der Waals surface area contributed by atoms with Gasteiger partial charge in [-0.05, 0) is 37.8 Å². The summed E-state index contributed by atoms with van der Waals surface area (Å²) in [5.41, 5.74) is 3.34. The van der Waals surface area contributed by atoms with Crippen molar-refractivity contribution < 1.29 is 8.42 Å². The number of rotatable bonds is 5. The Kier molecular flexibility index (Phi) is 4.44. The van der Waals surface area contributed by atoms with E-state index in [0.29, 0.717) is 6.54 Å². The smallest absolute Gasteiger partial charge is 0.277 e. The molecule has 0 aliphatic carbocycles. The van der Waals surface area contributed by atoms with Crippen LogP contribution in [0.1, 0.15) is 31.4 Å². The van der Waals surface area contributed by atoms with Crippen molar-refractivity contribution in [2.24, 2.45) is 0 Å². The molecular weight excluding hydrogens is 262 g/mol. The molecule has 0 fully saturated rings. The normalized spacial score (nSPS) is 15.1. The lowest BCUT2D eigenvalue weighted by Crippen LogP contribution is -2.40. The van der Waals surface area contributed by atoms with Crippen molar-refractivity contribution in [2.45, 2.75) is 39.3 Å². The molecule has 1 heterocycles. The molecule has 0 atom stereocenters. The van der Waals surface area contributed by atoms with Crippen molar-refractivity contribution >= 4 is 15.9 Å². The second-order valence-corrected chi connectivity index (χ2v) is 6.61. The van der Waals surface area contributed by atoms with Crippen LogP contribution < -0.4 is 14.8 Å². The average molecular weight is 283 g/mol. The number of anilines is 1. The van der Waals surface area contributed by atoms with Gasteiger partial charge in [0.1, 0.15) is 0 Å². The monoisotopic (exact) mass is 283 g/mol. The Labute approximate surface area is 115 Å². The predicted octanol–water partition coefficient (Wildman–Crippen LogP) is 1.38. The van der Waals surface area contributed by atoms with E-state index in [0.717, 1.165) is 30.6 Å². The van der Waals surface area contributed by atoms with Crippen LogP contribution in [0.2, 0.25) is 0 Å². The minimum atomic E-state index is -3.43. The van der Waals surface area contributed by atoms with E-state index < -0.39 is 10.2 Å². The zero-order chi connectivity index (χ0) is 13.9. The Morgan fingerprint density at radius 3 is 2.89 bits per heavy atom. The van der Waals surface area contributed by atoms with Gasteiger partial charge in [0, 0.05) is 24.8 Å². The van der Waals surface area contributed by atoms with Crippen LogP contribution in [0.15, 0.2) is 18.2 Å². The van der Waals surface area contributed by atoms with Crippen molar-refractivity contribution in [1.29, 1.82) is 0 Å². The molecule has 0 radical (unpaired) electrons. The van der Waals surface area contributed by atoms with Crippen LogP contribution >= 0.6 is 0 Å². The largest absolute Gasteiger partial charge is 0.385 e. The van der Waals surface area contributed by atoms with Crippen molar-refractivity contribution in [3.63, 3.8) is 0 Å². The molecule has 19 heavy (non-hydrogen) atoms. The van der Waals surface area contributed by atoms with Gasteiger partial charge in [0.25, 0.3) is 10.2 Å². The van der Waals surface area contributed by atoms with E-state index in [1.54, 1.807) is 13.8 Å². The van der Waals surface area contributed by atoms with Gasteiger partial charge in [-0.2, -0.15) is 17.9 Å². The maximum atomic E-state index is 11.7. The van der Waals surface area contributed by atoms with Gasteiger partial charge in [0.15, 0.2) is 0 Å². The van der Waals surface area contributed by atoms with Crippen LogP contribution in [-0.2, 0) is 23.2 Å². The molecule has 2 rings (SSSR count). The van der Waals surface area contributed by atoms with E-state index in [1.165, 1.54) is 5.56 Å². The highest BCUT2D eigenvalue weighted by Crippen LogP contribution is 2.25. The third-order valence-corrected chi connectivity index (χ3v) is 4.31. The summed E-state index contributed by atoms with van der Waals surface area (Å²) in [6, 6.07) is 5.91. The molecule has 1 aliphatic rings. The molecule has 0 unspecified atom stereocenters. The van der Waals surface area contributed by atoms with Gasteiger partial charge in [0.05, 0.1) is 0 Å². The molecule has 1 aromatic carbocycles. The van der Waals surface area contributed by atoms with E-state index in [2.05, 4.69) is 20.8 Å².